The van der Waals surface area contributed by atoms with Crippen LogP contribution in [0.4, 0.5) is 5.82 Å². The second-order valence-electron chi connectivity index (χ2n) is 8.98. The molecule has 0 aliphatic rings. The maximum atomic E-state index is 12.8. The number of hydrogen-bond donors (Lipinski definition) is 5. The number of unbranched alkanes of at least 4 members (excludes halogenated alkanes) is 1. The SMILES string of the molecule is CNNC(=O)c1cc(-c2ccc(-c3ccc(OCCCCO)cc3)cc2)nc2cc(NS(=O)(=O)CC(=O)O)ncc12. The number of nitrogens with zero attached hydrogens (tertiary/aromatic N) is 2. The van der Waals surface area contributed by atoms with E-state index in [2.05, 4.69) is 25.5 Å². The van der Waals surface area contributed by atoms with Gasteiger partial charge in [-0.3, -0.25) is 19.7 Å². The number of carboxylic acids is 1. The molecular formula is C28H29N5O7S. The van der Waals surface area contributed by atoms with E-state index in [-0.39, 0.29) is 23.5 Å². The highest BCUT2D eigenvalue weighted by Crippen LogP contribution is 2.29. The molecule has 0 saturated heterocycles. The van der Waals surface area contributed by atoms with Crippen molar-refractivity contribution in [2.75, 3.05) is 30.7 Å². The van der Waals surface area contributed by atoms with Crippen LogP contribution < -0.4 is 20.3 Å². The van der Waals surface area contributed by atoms with Crippen LogP contribution in [0.1, 0.15) is 23.2 Å². The highest BCUT2D eigenvalue weighted by Gasteiger charge is 2.19. The molecule has 2 aromatic heterocycles. The zero-order valence-electron chi connectivity index (χ0n) is 22.1. The number of hydrazine groups is 1. The summed E-state index contributed by atoms with van der Waals surface area (Å²) in [4.78, 5) is 32.4. The summed E-state index contributed by atoms with van der Waals surface area (Å²) in [7, 11) is -2.64. The van der Waals surface area contributed by atoms with Crippen LogP contribution in [-0.4, -0.2) is 66.5 Å². The predicted octanol–water partition coefficient (Wildman–Crippen LogP) is 2.81. The first-order valence-corrected chi connectivity index (χ1v) is 14.3. The van der Waals surface area contributed by atoms with Crippen molar-refractivity contribution in [2.45, 2.75) is 12.8 Å². The van der Waals surface area contributed by atoms with Gasteiger partial charge in [0.15, 0.2) is 5.75 Å². The number of benzene rings is 2. The fourth-order valence-electron chi connectivity index (χ4n) is 4.03. The first-order chi connectivity index (χ1) is 19.7. The van der Waals surface area contributed by atoms with Gasteiger partial charge in [0, 0.05) is 36.9 Å². The largest absolute Gasteiger partial charge is 0.494 e. The molecule has 0 fully saturated rings. The Morgan fingerprint density at radius 2 is 1.61 bits per heavy atom. The van der Waals surface area contributed by atoms with E-state index in [1.54, 1.807) is 13.1 Å². The molecule has 0 atom stereocenters. The number of rotatable bonds is 13. The average Bonchev–Trinajstić information content (AvgIpc) is 2.94. The summed E-state index contributed by atoms with van der Waals surface area (Å²) in [6.07, 6.45) is 2.78. The van der Waals surface area contributed by atoms with Gasteiger partial charge in [0.25, 0.3) is 5.91 Å². The van der Waals surface area contributed by atoms with Gasteiger partial charge in [-0.1, -0.05) is 36.4 Å². The molecule has 4 rings (SSSR count). The van der Waals surface area contributed by atoms with Crippen molar-refractivity contribution in [3.63, 3.8) is 0 Å². The fourth-order valence-corrected chi connectivity index (χ4v) is 4.86. The van der Waals surface area contributed by atoms with E-state index < -0.39 is 27.7 Å². The standard InChI is InChI=1S/C28H29N5O7S/c1-29-32-28(37)22-14-24(31-25-15-26(30-16-23(22)25)33-41(38,39)17-27(35)36)20-6-4-18(5-7-20)19-8-10-21(11-9-19)40-13-3-2-12-34/h4-11,14-16,29,34H,2-3,12-13,17H2,1H3,(H,30,33)(H,32,37)(H,35,36). The summed E-state index contributed by atoms with van der Waals surface area (Å²) in [5.74, 6) is -2.46. The number of sulfonamides is 1. The maximum Gasteiger partial charge on any atom is 0.320 e. The third kappa shape index (κ3) is 7.75. The Balaban J connectivity index is 1.63. The van der Waals surface area contributed by atoms with Gasteiger partial charge in [-0.2, -0.15) is 0 Å². The number of amides is 1. The smallest absolute Gasteiger partial charge is 0.320 e. The molecule has 2 aromatic carbocycles. The molecule has 0 aliphatic heterocycles. The molecule has 5 N–H and O–H groups in total. The minimum absolute atomic E-state index is 0.125. The van der Waals surface area contributed by atoms with Crippen molar-refractivity contribution in [3.8, 4) is 28.1 Å². The maximum absolute atomic E-state index is 12.8. The fraction of sp³-hybridized carbons (Fsp3) is 0.214. The number of carbonyl (C=O) groups excluding carboxylic acids is 1. The molecular weight excluding hydrogens is 550 g/mol. The lowest BCUT2D eigenvalue weighted by Gasteiger charge is -2.12. The summed E-state index contributed by atoms with van der Waals surface area (Å²) in [6.45, 7) is 0.680. The third-order valence-corrected chi connectivity index (χ3v) is 7.09. The number of pyridine rings is 2. The lowest BCUT2D eigenvalue weighted by molar-refractivity contribution is -0.134. The van der Waals surface area contributed by atoms with Crippen LogP contribution in [0, 0.1) is 0 Å². The summed E-state index contributed by atoms with van der Waals surface area (Å²) in [5, 5.41) is 18.1. The molecule has 214 valence electrons. The molecule has 0 saturated carbocycles. The van der Waals surface area contributed by atoms with E-state index in [0.29, 0.717) is 29.7 Å². The van der Waals surface area contributed by atoms with Crippen LogP contribution in [0.2, 0.25) is 0 Å². The van der Waals surface area contributed by atoms with Gasteiger partial charge in [-0.05, 0) is 42.2 Å². The lowest BCUT2D eigenvalue weighted by atomic mass is 10.0. The Kier molecular flexibility index (Phi) is 9.45. The van der Waals surface area contributed by atoms with Crippen LogP contribution in [0.15, 0.2) is 66.9 Å². The zero-order chi connectivity index (χ0) is 29.4. The van der Waals surface area contributed by atoms with E-state index in [1.165, 1.54) is 12.3 Å². The zero-order valence-corrected chi connectivity index (χ0v) is 22.9. The molecule has 0 unspecified atom stereocenters. The van der Waals surface area contributed by atoms with Gasteiger partial charge >= 0.3 is 5.97 Å². The van der Waals surface area contributed by atoms with E-state index in [1.807, 2.05) is 48.5 Å². The summed E-state index contributed by atoms with van der Waals surface area (Å²) < 4.78 is 32.0. The summed E-state index contributed by atoms with van der Waals surface area (Å²) >= 11 is 0. The number of carbonyl (C=O) groups is 2. The van der Waals surface area contributed by atoms with Gasteiger partial charge in [-0.15, -0.1) is 0 Å². The number of aliphatic hydroxyl groups is 1. The molecule has 0 aliphatic carbocycles. The number of ether oxygens (including phenoxy) is 1. The molecule has 0 bridgehead atoms. The Labute approximate surface area is 236 Å². The lowest BCUT2D eigenvalue weighted by Crippen LogP contribution is -2.34. The Bertz CT molecular complexity index is 1640. The third-order valence-electron chi connectivity index (χ3n) is 5.94. The quantitative estimate of drug-likeness (QED) is 0.117. The van der Waals surface area contributed by atoms with Crippen molar-refractivity contribution in [3.05, 3.63) is 72.4 Å². The number of aliphatic hydroxyl groups excluding tert-OH is 1. The van der Waals surface area contributed by atoms with Crippen molar-refractivity contribution in [2.24, 2.45) is 0 Å². The predicted molar refractivity (Wildman–Crippen MR) is 154 cm³/mol. The molecule has 0 radical (unpaired) electrons. The first kappa shape index (κ1) is 29.4. The Morgan fingerprint density at radius 3 is 2.24 bits per heavy atom. The minimum atomic E-state index is -4.19. The second-order valence-corrected chi connectivity index (χ2v) is 10.7. The van der Waals surface area contributed by atoms with Crippen LogP contribution in [-0.2, 0) is 14.8 Å². The minimum Gasteiger partial charge on any atom is -0.494 e. The monoisotopic (exact) mass is 579 g/mol. The van der Waals surface area contributed by atoms with Gasteiger partial charge in [0.05, 0.1) is 23.4 Å². The second kappa shape index (κ2) is 13.2. The molecule has 41 heavy (non-hydrogen) atoms. The normalized spacial score (nSPS) is 11.3. The van der Waals surface area contributed by atoms with Crippen LogP contribution in [0.25, 0.3) is 33.3 Å². The van der Waals surface area contributed by atoms with E-state index >= 15 is 0 Å². The van der Waals surface area contributed by atoms with Crippen LogP contribution in [0.5, 0.6) is 5.75 Å². The number of aliphatic carboxylic acids is 1. The number of hydrogen-bond acceptors (Lipinski definition) is 9. The number of fused-ring (bicyclic) bond motifs is 1. The van der Waals surface area contributed by atoms with Crippen LogP contribution >= 0.6 is 0 Å². The average molecular weight is 580 g/mol. The van der Waals surface area contributed by atoms with Gasteiger partial charge in [-0.25, -0.2) is 23.8 Å². The van der Waals surface area contributed by atoms with Crippen LogP contribution in [0.3, 0.4) is 0 Å². The number of aromatic nitrogens is 2. The van der Waals surface area contributed by atoms with Crippen molar-refractivity contribution < 1.29 is 33.0 Å². The first-order valence-electron chi connectivity index (χ1n) is 12.6. The van der Waals surface area contributed by atoms with Gasteiger partial charge < -0.3 is 14.9 Å². The van der Waals surface area contributed by atoms with E-state index in [4.69, 9.17) is 14.9 Å². The Morgan fingerprint density at radius 1 is 0.951 bits per heavy atom. The molecule has 2 heterocycles. The molecule has 12 nitrogen and oxygen atoms in total. The van der Waals surface area contributed by atoms with E-state index in [0.717, 1.165) is 23.3 Å². The Hall–Kier alpha value is -4.59. The van der Waals surface area contributed by atoms with E-state index in [9.17, 15) is 18.0 Å². The number of anilines is 1. The number of nitrogens with one attached hydrogen (secondary N) is 3. The molecule has 13 heteroatoms. The van der Waals surface area contributed by atoms with Crippen molar-refractivity contribution >= 4 is 38.6 Å². The van der Waals surface area contributed by atoms with Gasteiger partial charge in [0.1, 0.15) is 11.6 Å². The summed E-state index contributed by atoms with van der Waals surface area (Å²) in [6, 6.07) is 18.2. The summed E-state index contributed by atoms with van der Waals surface area (Å²) in [5.41, 5.74) is 8.75. The molecule has 4 aromatic rings. The van der Waals surface area contributed by atoms with Crippen molar-refractivity contribution in [1.82, 2.24) is 20.8 Å². The van der Waals surface area contributed by atoms with Crippen molar-refractivity contribution in [1.29, 1.82) is 0 Å². The topological polar surface area (TPSA) is 180 Å². The highest BCUT2D eigenvalue weighted by molar-refractivity contribution is 7.93. The van der Waals surface area contributed by atoms with Gasteiger partial charge in [0.2, 0.25) is 10.0 Å². The highest BCUT2D eigenvalue weighted by atomic mass is 32.2. The molecule has 0 spiro atoms. The molecule has 1 amide bonds. The number of carboxylic acid groups (broad SMARTS) is 1.